The number of hydrogen-bond acceptors (Lipinski definition) is 3. The van der Waals surface area contributed by atoms with Crippen molar-refractivity contribution in [2.75, 3.05) is 32.3 Å². The molecule has 1 atom stereocenters. The second kappa shape index (κ2) is 8.62. The Bertz CT molecular complexity index is 266. The Morgan fingerprint density at radius 3 is 2.69 bits per heavy atom. The van der Waals surface area contributed by atoms with Crippen LogP contribution in [0, 0.1) is 0 Å². The number of ether oxygens (including phenoxy) is 1. The number of benzene rings is 1. The molecule has 0 saturated carbocycles. The van der Waals surface area contributed by atoms with Gasteiger partial charge in [0.1, 0.15) is 0 Å². The number of hydrogen-bond donors (Lipinski definition) is 1. The molecule has 0 bridgehead atoms. The highest BCUT2D eigenvalue weighted by atomic mass is 32.2. The van der Waals surface area contributed by atoms with Gasteiger partial charge in [0.15, 0.2) is 0 Å². The van der Waals surface area contributed by atoms with Crippen LogP contribution in [0.15, 0.2) is 30.3 Å². The van der Waals surface area contributed by atoms with E-state index in [9.17, 15) is 0 Å². The van der Waals surface area contributed by atoms with Gasteiger partial charge in [-0.05, 0) is 24.8 Å². The number of nitrogens with one attached hydrogen (secondary N) is 1. The summed E-state index contributed by atoms with van der Waals surface area (Å²) in [4.78, 5) is 0. The molecule has 0 aliphatic carbocycles. The zero-order valence-corrected chi connectivity index (χ0v) is 10.9. The smallest absolute Gasteiger partial charge is 0.0470 e. The molecule has 1 rings (SSSR count). The first-order valence-electron chi connectivity index (χ1n) is 5.67. The van der Waals surface area contributed by atoms with Crippen LogP contribution in [-0.4, -0.2) is 32.3 Å². The van der Waals surface area contributed by atoms with Gasteiger partial charge in [0.25, 0.3) is 0 Å². The third-order valence-corrected chi connectivity index (χ3v) is 3.62. The molecule has 1 N–H and O–H groups in total. The van der Waals surface area contributed by atoms with Gasteiger partial charge >= 0.3 is 0 Å². The van der Waals surface area contributed by atoms with Crippen LogP contribution in [0.2, 0.25) is 0 Å². The Kier molecular flexibility index (Phi) is 7.30. The first kappa shape index (κ1) is 13.6. The summed E-state index contributed by atoms with van der Waals surface area (Å²) in [6.07, 6.45) is 1.13. The van der Waals surface area contributed by atoms with E-state index < -0.39 is 0 Å². The van der Waals surface area contributed by atoms with Crippen molar-refractivity contribution in [1.29, 1.82) is 0 Å². The van der Waals surface area contributed by atoms with Crippen LogP contribution in [0.25, 0.3) is 0 Å². The highest BCUT2D eigenvalue weighted by Crippen LogP contribution is 2.18. The van der Waals surface area contributed by atoms with Crippen molar-refractivity contribution in [3.8, 4) is 0 Å². The maximum absolute atomic E-state index is 5.03. The van der Waals surface area contributed by atoms with Crippen molar-refractivity contribution in [3.63, 3.8) is 0 Å². The number of methoxy groups -OCH3 is 1. The Morgan fingerprint density at radius 1 is 1.31 bits per heavy atom. The third kappa shape index (κ3) is 5.01. The molecule has 1 unspecified atom stereocenters. The predicted octanol–water partition coefficient (Wildman–Crippen LogP) is 2.72. The second-order valence-electron chi connectivity index (χ2n) is 3.67. The Hall–Kier alpha value is -0.510. The molecule has 0 aromatic heterocycles. The van der Waals surface area contributed by atoms with E-state index in [-0.39, 0.29) is 0 Å². The van der Waals surface area contributed by atoms with Crippen molar-refractivity contribution in [2.45, 2.75) is 12.5 Å². The molecule has 90 valence electrons. The number of thioether (sulfide) groups is 1. The molecule has 1 aromatic carbocycles. The Balaban J connectivity index is 2.27. The average Bonchev–Trinajstić information content (AvgIpc) is 2.35. The van der Waals surface area contributed by atoms with Crippen molar-refractivity contribution < 1.29 is 4.74 Å². The zero-order chi connectivity index (χ0) is 11.6. The minimum absolute atomic E-state index is 0.453. The zero-order valence-electron chi connectivity index (χ0n) is 10.1. The molecule has 0 saturated heterocycles. The summed E-state index contributed by atoms with van der Waals surface area (Å²) in [7, 11) is 3.78. The van der Waals surface area contributed by atoms with Crippen LogP contribution < -0.4 is 5.32 Å². The van der Waals surface area contributed by atoms with Crippen molar-refractivity contribution in [3.05, 3.63) is 35.9 Å². The highest BCUT2D eigenvalue weighted by Gasteiger charge is 2.07. The molecule has 16 heavy (non-hydrogen) atoms. The largest absolute Gasteiger partial charge is 0.385 e. The summed E-state index contributed by atoms with van der Waals surface area (Å²) in [5, 5.41) is 3.36. The van der Waals surface area contributed by atoms with Gasteiger partial charge in [-0.25, -0.2) is 0 Å². The lowest BCUT2D eigenvalue weighted by Gasteiger charge is -2.16. The second-order valence-corrected chi connectivity index (χ2v) is 4.82. The molecule has 3 heteroatoms. The van der Waals surface area contributed by atoms with Crippen LogP contribution in [0.4, 0.5) is 0 Å². The standard InChI is InChI=1S/C13H21NOS/c1-14-13(11-16-10-6-9-15-2)12-7-4-3-5-8-12/h3-5,7-8,13-14H,6,9-11H2,1-2H3. The molecular formula is C13H21NOS. The van der Waals surface area contributed by atoms with E-state index in [1.54, 1.807) is 7.11 Å². The highest BCUT2D eigenvalue weighted by molar-refractivity contribution is 7.99. The molecule has 0 spiro atoms. The lowest BCUT2D eigenvalue weighted by molar-refractivity contribution is 0.200. The molecule has 0 amide bonds. The van der Waals surface area contributed by atoms with Crippen LogP contribution in [-0.2, 0) is 4.74 Å². The molecule has 0 aliphatic rings. The van der Waals surface area contributed by atoms with Crippen LogP contribution in [0.3, 0.4) is 0 Å². The van der Waals surface area contributed by atoms with Gasteiger partial charge in [0.05, 0.1) is 0 Å². The fourth-order valence-corrected chi connectivity index (χ4v) is 2.62. The van der Waals surface area contributed by atoms with Crippen LogP contribution >= 0.6 is 11.8 Å². The maximum Gasteiger partial charge on any atom is 0.0470 e. The lowest BCUT2D eigenvalue weighted by atomic mass is 10.1. The summed E-state index contributed by atoms with van der Waals surface area (Å²) >= 11 is 1.98. The summed E-state index contributed by atoms with van der Waals surface area (Å²) in [5.41, 5.74) is 1.37. The van der Waals surface area contributed by atoms with Crippen molar-refractivity contribution in [2.24, 2.45) is 0 Å². The van der Waals surface area contributed by atoms with Gasteiger partial charge in [-0.2, -0.15) is 11.8 Å². The summed E-state index contributed by atoms with van der Waals surface area (Å²) < 4.78 is 5.03. The quantitative estimate of drug-likeness (QED) is 0.705. The molecule has 0 heterocycles. The van der Waals surface area contributed by atoms with E-state index in [1.165, 1.54) is 11.3 Å². The first-order valence-corrected chi connectivity index (χ1v) is 6.83. The lowest BCUT2D eigenvalue weighted by Crippen LogP contribution is -2.18. The van der Waals surface area contributed by atoms with Gasteiger partial charge in [-0.3, -0.25) is 0 Å². The van der Waals surface area contributed by atoms with Gasteiger partial charge in [-0.1, -0.05) is 30.3 Å². The van der Waals surface area contributed by atoms with Gasteiger partial charge in [-0.15, -0.1) is 0 Å². The average molecular weight is 239 g/mol. The van der Waals surface area contributed by atoms with Crippen molar-refractivity contribution in [1.82, 2.24) is 5.32 Å². The summed E-state index contributed by atoms with van der Waals surface area (Å²) in [6, 6.07) is 11.0. The third-order valence-electron chi connectivity index (χ3n) is 2.47. The molecular weight excluding hydrogens is 218 g/mol. The fraction of sp³-hybridized carbons (Fsp3) is 0.538. The van der Waals surface area contributed by atoms with E-state index in [0.29, 0.717) is 6.04 Å². The number of rotatable bonds is 8. The van der Waals surface area contributed by atoms with Gasteiger partial charge in [0, 0.05) is 25.5 Å². The minimum atomic E-state index is 0.453. The molecule has 1 aromatic rings. The van der Waals surface area contributed by atoms with Crippen molar-refractivity contribution >= 4 is 11.8 Å². The minimum Gasteiger partial charge on any atom is -0.385 e. The monoisotopic (exact) mass is 239 g/mol. The molecule has 0 radical (unpaired) electrons. The predicted molar refractivity (Wildman–Crippen MR) is 72.1 cm³/mol. The van der Waals surface area contributed by atoms with Crippen LogP contribution in [0.1, 0.15) is 18.0 Å². The summed E-state index contributed by atoms with van der Waals surface area (Å²) in [6.45, 7) is 0.864. The topological polar surface area (TPSA) is 21.3 Å². The van der Waals surface area contributed by atoms with E-state index >= 15 is 0 Å². The van der Waals surface area contributed by atoms with E-state index in [1.807, 2.05) is 18.8 Å². The van der Waals surface area contributed by atoms with E-state index in [0.717, 1.165) is 18.8 Å². The first-order chi connectivity index (χ1) is 7.88. The van der Waals surface area contributed by atoms with Crippen LogP contribution in [0.5, 0.6) is 0 Å². The van der Waals surface area contributed by atoms with E-state index in [4.69, 9.17) is 4.74 Å². The fourth-order valence-electron chi connectivity index (χ4n) is 1.54. The van der Waals surface area contributed by atoms with Gasteiger partial charge in [0.2, 0.25) is 0 Å². The SMILES string of the molecule is CNC(CSCCCOC)c1ccccc1. The summed E-state index contributed by atoms with van der Waals surface area (Å²) in [5.74, 6) is 2.28. The molecule has 2 nitrogen and oxygen atoms in total. The van der Waals surface area contributed by atoms with Gasteiger partial charge < -0.3 is 10.1 Å². The van der Waals surface area contributed by atoms with E-state index in [2.05, 4.69) is 35.6 Å². The molecule has 0 fully saturated rings. The Labute approximate surface area is 103 Å². The Morgan fingerprint density at radius 2 is 2.06 bits per heavy atom. The normalized spacial score (nSPS) is 12.6. The molecule has 0 aliphatic heterocycles. The maximum atomic E-state index is 5.03.